The monoisotopic (exact) mass is 736 g/mol. The summed E-state index contributed by atoms with van der Waals surface area (Å²) in [6.07, 6.45) is 4.15. The summed E-state index contributed by atoms with van der Waals surface area (Å²) in [5.74, 6) is 1.22. The molecule has 0 aliphatic carbocycles. The first kappa shape index (κ1) is 34.4. The van der Waals surface area contributed by atoms with Crippen LogP contribution in [0.4, 0.5) is 10.1 Å². The Labute approximate surface area is 315 Å². The normalized spacial score (nSPS) is 16.0. The molecule has 0 spiro atoms. The van der Waals surface area contributed by atoms with E-state index in [1.807, 2.05) is 55.5 Å². The summed E-state index contributed by atoms with van der Waals surface area (Å²) >= 11 is 0. The lowest BCUT2D eigenvalue weighted by Gasteiger charge is -2.29. The number of ether oxygens (including phenoxy) is 2. The molecule has 9 rings (SSSR count). The van der Waals surface area contributed by atoms with Crippen molar-refractivity contribution < 1.29 is 23.1 Å². The van der Waals surface area contributed by atoms with Gasteiger partial charge < -0.3 is 23.8 Å². The average Bonchev–Trinajstić information content (AvgIpc) is 3.86. The predicted octanol–water partition coefficient (Wildman–Crippen LogP) is 7.59. The number of anilines is 1. The number of hydrogen-bond donors (Lipinski definition) is 2. The molecule has 0 radical (unpaired) electrons. The van der Waals surface area contributed by atoms with E-state index in [1.54, 1.807) is 19.1 Å². The Morgan fingerprint density at radius 2 is 2.00 bits per heavy atom. The fourth-order valence-electron chi connectivity index (χ4n) is 7.37. The fraction of sp³-hybridized carbons (Fsp3) is 0.262. The average molecular weight is 737 g/mol. The van der Waals surface area contributed by atoms with Crippen LogP contribution in [-0.2, 0) is 24.4 Å². The van der Waals surface area contributed by atoms with Gasteiger partial charge in [0.2, 0.25) is 5.88 Å². The van der Waals surface area contributed by atoms with Crippen LogP contribution in [0.3, 0.4) is 0 Å². The third-order valence-electron chi connectivity index (χ3n) is 10.4. The molecule has 1 saturated heterocycles. The zero-order valence-corrected chi connectivity index (χ0v) is 30.4. The van der Waals surface area contributed by atoms with Crippen molar-refractivity contribution in [2.24, 2.45) is 0 Å². The van der Waals surface area contributed by atoms with Gasteiger partial charge in [0.05, 0.1) is 47.6 Å². The van der Waals surface area contributed by atoms with E-state index in [2.05, 4.69) is 37.1 Å². The molecule has 0 unspecified atom stereocenters. The summed E-state index contributed by atoms with van der Waals surface area (Å²) in [5, 5.41) is 20.5. The number of benzene rings is 3. The van der Waals surface area contributed by atoms with E-state index in [9.17, 15) is 14.4 Å². The molecule has 13 heteroatoms. The van der Waals surface area contributed by atoms with Gasteiger partial charge in [0.25, 0.3) is 5.91 Å². The van der Waals surface area contributed by atoms with Crippen molar-refractivity contribution >= 4 is 50.1 Å². The molecule has 0 saturated carbocycles. The van der Waals surface area contributed by atoms with Crippen LogP contribution < -0.4 is 10.1 Å². The molecular formula is C42H37FN8O4. The predicted molar refractivity (Wildman–Crippen MR) is 205 cm³/mol. The Morgan fingerprint density at radius 3 is 2.80 bits per heavy atom. The zero-order chi connectivity index (χ0) is 37.6. The Hall–Kier alpha value is -6.36. The minimum absolute atomic E-state index is 0.131. The van der Waals surface area contributed by atoms with E-state index in [4.69, 9.17) is 23.9 Å². The van der Waals surface area contributed by atoms with E-state index in [0.717, 1.165) is 77.4 Å². The topological polar surface area (TPSA) is 147 Å². The number of nitriles is 1. The molecule has 6 heterocycles. The largest absolute Gasteiger partial charge is 0.473 e. The number of H-pyrrole nitrogens is 1. The van der Waals surface area contributed by atoms with Crippen LogP contribution in [-0.4, -0.2) is 61.3 Å². The first-order valence-electron chi connectivity index (χ1n) is 18.3. The fourth-order valence-corrected chi connectivity index (χ4v) is 7.37. The van der Waals surface area contributed by atoms with Crippen molar-refractivity contribution in [1.29, 1.82) is 5.26 Å². The smallest absolute Gasteiger partial charge is 0.255 e. The highest BCUT2D eigenvalue weighted by molar-refractivity contribution is 6.07. The van der Waals surface area contributed by atoms with Gasteiger partial charge >= 0.3 is 0 Å². The van der Waals surface area contributed by atoms with Gasteiger partial charge in [0.1, 0.15) is 29.3 Å². The van der Waals surface area contributed by atoms with Crippen molar-refractivity contribution in [3.63, 3.8) is 0 Å². The van der Waals surface area contributed by atoms with Crippen molar-refractivity contribution in [3.05, 3.63) is 118 Å². The Kier molecular flexibility index (Phi) is 8.84. The Bertz CT molecular complexity index is 2700. The molecule has 1 amide bonds. The van der Waals surface area contributed by atoms with E-state index in [-0.39, 0.29) is 23.8 Å². The summed E-state index contributed by atoms with van der Waals surface area (Å²) in [4.78, 5) is 25.5. The number of carbonyl (C=O) groups excluding carboxylic acids is 1. The maximum atomic E-state index is 14.7. The molecule has 2 aliphatic rings. The second kappa shape index (κ2) is 14.1. The molecule has 2 N–H and O–H groups in total. The maximum absolute atomic E-state index is 14.7. The molecule has 7 aromatic rings. The van der Waals surface area contributed by atoms with Gasteiger partial charge in [-0.05, 0) is 80.8 Å². The number of aromatic amines is 1. The van der Waals surface area contributed by atoms with Gasteiger partial charge in [-0.1, -0.05) is 18.2 Å². The third-order valence-corrected chi connectivity index (χ3v) is 10.4. The first-order valence-corrected chi connectivity index (χ1v) is 18.3. The lowest BCUT2D eigenvalue weighted by molar-refractivity contribution is -0.0591. The summed E-state index contributed by atoms with van der Waals surface area (Å²) in [5.41, 5.74) is 7.54. The van der Waals surface area contributed by atoms with Crippen molar-refractivity contribution in [2.45, 2.75) is 52.5 Å². The number of nitrogens with zero attached hydrogens (tertiary/aromatic N) is 6. The molecule has 4 aromatic heterocycles. The van der Waals surface area contributed by atoms with Crippen LogP contribution in [0.1, 0.15) is 57.3 Å². The molecule has 3 aromatic carbocycles. The number of amides is 1. The molecule has 1 fully saturated rings. The summed E-state index contributed by atoms with van der Waals surface area (Å²) in [6.45, 7) is 7.56. The highest BCUT2D eigenvalue weighted by atomic mass is 19.1. The number of furan rings is 1. The van der Waals surface area contributed by atoms with E-state index < -0.39 is 11.7 Å². The zero-order valence-electron chi connectivity index (χ0n) is 30.4. The van der Waals surface area contributed by atoms with Crippen LogP contribution in [0.15, 0.2) is 77.2 Å². The highest BCUT2D eigenvalue weighted by Gasteiger charge is 2.24. The van der Waals surface area contributed by atoms with E-state index in [1.165, 1.54) is 6.07 Å². The van der Waals surface area contributed by atoms with Crippen molar-refractivity contribution in [3.8, 4) is 11.9 Å². The number of imidazole rings is 1. The second-order valence-electron chi connectivity index (χ2n) is 14.1. The van der Waals surface area contributed by atoms with Gasteiger partial charge in [-0.15, -0.1) is 0 Å². The van der Waals surface area contributed by atoms with Crippen molar-refractivity contribution in [2.75, 3.05) is 25.0 Å². The van der Waals surface area contributed by atoms with Crippen LogP contribution in [0.5, 0.6) is 5.88 Å². The number of hydrogen-bond acceptors (Lipinski definition) is 9. The number of aryl methyl sites for hydroxylation is 2. The highest BCUT2D eigenvalue weighted by Crippen LogP contribution is 2.30. The van der Waals surface area contributed by atoms with Gasteiger partial charge in [-0.2, -0.15) is 10.4 Å². The molecule has 2 aliphatic heterocycles. The number of carbonyl (C=O) groups is 1. The molecular weight excluding hydrogens is 700 g/mol. The number of rotatable bonds is 10. The minimum Gasteiger partial charge on any atom is -0.473 e. The van der Waals surface area contributed by atoms with E-state index >= 15 is 0 Å². The second-order valence-corrected chi connectivity index (χ2v) is 14.1. The molecule has 12 nitrogen and oxygen atoms in total. The lowest BCUT2D eigenvalue weighted by atomic mass is 10.0. The lowest BCUT2D eigenvalue weighted by Crippen LogP contribution is -2.33. The number of nitrogens with one attached hydrogen (secondary N) is 2. The number of aromatic nitrogens is 5. The van der Waals surface area contributed by atoms with Crippen LogP contribution in [0.2, 0.25) is 0 Å². The SMILES string of the molecule is Cc1cc2c(C#N)ccc(COc3cccc(C4=CCN(Cc5nc6cc(NC(=O)c7cc(F)c8n[nH]c(C)c8c7)ccc6n5C[C@@H]5CCO5)CC4)n3)c2o1. The molecule has 0 bridgehead atoms. The minimum atomic E-state index is -0.551. The molecule has 1 atom stereocenters. The van der Waals surface area contributed by atoms with Crippen molar-refractivity contribution in [1.82, 2.24) is 29.6 Å². The quantitative estimate of drug-likeness (QED) is 0.145. The number of pyridine rings is 1. The molecule has 55 heavy (non-hydrogen) atoms. The standard InChI is InChI=1S/C42H37FN8O4/c1-24-16-33-27(20-44)6-7-28(41(33)55-24)23-54-39-5-3-4-35(47-39)26-10-13-50(14-11-26)22-38-46-36-19-30(8-9-37(36)51(38)21-31-12-15-53-31)45-42(52)29-17-32-25(2)48-49-40(32)34(43)18-29/h3-10,16-19,31H,11-15,21-23H2,1-2H3,(H,45,52)(H,48,49)/t31-/m0/s1. The number of fused-ring (bicyclic) bond motifs is 3. The Morgan fingerprint density at radius 1 is 1.11 bits per heavy atom. The van der Waals surface area contributed by atoms with Crippen LogP contribution in [0, 0.1) is 31.0 Å². The summed E-state index contributed by atoms with van der Waals surface area (Å²) in [6, 6.07) is 22.1. The van der Waals surface area contributed by atoms with Gasteiger partial charge in [-0.25, -0.2) is 14.4 Å². The number of halogens is 1. The van der Waals surface area contributed by atoms with Crippen LogP contribution >= 0.6 is 0 Å². The summed E-state index contributed by atoms with van der Waals surface area (Å²) in [7, 11) is 0. The van der Waals surface area contributed by atoms with E-state index in [0.29, 0.717) is 46.9 Å². The maximum Gasteiger partial charge on any atom is 0.255 e. The summed E-state index contributed by atoms with van der Waals surface area (Å²) < 4.78 is 34.8. The third kappa shape index (κ3) is 6.71. The van der Waals surface area contributed by atoms with Gasteiger partial charge in [0, 0.05) is 59.0 Å². The van der Waals surface area contributed by atoms with Gasteiger partial charge in [-0.3, -0.25) is 14.8 Å². The first-order chi connectivity index (χ1) is 26.8. The molecule has 276 valence electrons. The Balaban J connectivity index is 0.894. The van der Waals surface area contributed by atoms with Gasteiger partial charge in [0.15, 0.2) is 5.82 Å². The van der Waals surface area contributed by atoms with Crippen LogP contribution in [0.25, 0.3) is 38.5 Å².